The van der Waals surface area contributed by atoms with Gasteiger partial charge < -0.3 is 5.32 Å². The molecular formula is C19H16ClF3N4OS. The summed E-state index contributed by atoms with van der Waals surface area (Å²) in [5.74, 6) is 0.217. The molecule has 2 N–H and O–H groups in total. The summed E-state index contributed by atoms with van der Waals surface area (Å²) >= 11 is 11.1. The normalized spacial score (nSPS) is 11.4. The van der Waals surface area contributed by atoms with Crippen molar-refractivity contribution >= 4 is 29.7 Å². The van der Waals surface area contributed by atoms with Gasteiger partial charge in [-0.25, -0.2) is 0 Å². The first-order chi connectivity index (χ1) is 13.7. The first-order valence-corrected chi connectivity index (χ1v) is 9.36. The van der Waals surface area contributed by atoms with E-state index in [2.05, 4.69) is 15.5 Å². The molecule has 0 aliphatic rings. The molecule has 0 unspecified atom stereocenters. The van der Waals surface area contributed by atoms with E-state index in [1.807, 2.05) is 0 Å². The number of aromatic nitrogens is 3. The Morgan fingerprint density at radius 1 is 1.14 bits per heavy atom. The first kappa shape index (κ1) is 21.1. The Morgan fingerprint density at radius 3 is 2.41 bits per heavy atom. The highest BCUT2D eigenvalue weighted by molar-refractivity contribution is 7.71. The van der Waals surface area contributed by atoms with Crippen LogP contribution in [0, 0.1) is 4.77 Å². The number of alkyl halides is 3. The summed E-state index contributed by atoms with van der Waals surface area (Å²) in [6.45, 7) is 0.242. The van der Waals surface area contributed by atoms with Gasteiger partial charge in [-0.1, -0.05) is 23.7 Å². The Hall–Kier alpha value is -2.65. The summed E-state index contributed by atoms with van der Waals surface area (Å²) in [5, 5.41) is 10.1. The molecule has 1 amide bonds. The number of amides is 1. The van der Waals surface area contributed by atoms with Crippen molar-refractivity contribution in [2.75, 3.05) is 6.54 Å². The Labute approximate surface area is 174 Å². The van der Waals surface area contributed by atoms with Crippen molar-refractivity contribution in [3.8, 4) is 11.4 Å². The largest absolute Gasteiger partial charge is 0.416 e. The zero-order valence-corrected chi connectivity index (χ0v) is 16.5. The number of H-pyrrole nitrogens is 1. The van der Waals surface area contributed by atoms with Gasteiger partial charge in [0, 0.05) is 17.1 Å². The molecule has 1 aromatic heterocycles. The number of carbonyl (C=O) groups excluding carboxylic acids is 1. The Balaban J connectivity index is 1.58. The van der Waals surface area contributed by atoms with Gasteiger partial charge in [0.2, 0.25) is 5.91 Å². The molecule has 10 heteroatoms. The van der Waals surface area contributed by atoms with E-state index >= 15 is 0 Å². The van der Waals surface area contributed by atoms with Crippen LogP contribution in [0.15, 0.2) is 48.5 Å². The minimum atomic E-state index is -4.36. The van der Waals surface area contributed by atoms with E-state index in [0.717, 1.165) is 17.7 Å². The van der Waals surface area contributed by atoms with Crippen LogP contribution >= 0.6 is 23.8 Å². The van der Waals surface area contributed by atoms with Gasteiger partial charge in [-0.15, -0.1) is 0 Å². The topological polar surface area (TPSA) is 62.7 Å². The van der Waals surface area contributed by atoms with Crippen LogP contribution in [0.2, 0.25) is 5.02 Å². The minimum absolute atomic E-state index is 0.0414. The average molecular weight is 441 g/mol. The standard InChI is InChI=1S/C19H16ClF3N4OS/c20-15-7-3-13(4-8-15)17-25-26-18(29)27(17)11-16(28)24-10-9-12-1-5-14(6-2-12)19(21,22)23/h1-8H,9-11H2,(H,24,28)(H,26,29). The van der Waals surface area contributed by atoms with Gasteiger partial charge in [0.1, 0.15) is 6.54 Å². The van der Waals surface area contributed by atoms with Crippen LogP contribution in [-0.4, -0.2) is 27.2 Å². The summed E-state index contributed by atoms with van der Waals surface area (Å²) in [4.78, 5) is 12.3. The molecule has 0 spiro atoms. The highest BCUT2D eigenvalue weighted by Crippen LogP contribution is 2.29. The molecule has 2 aromatic carbocycles. The molecule has 5 nitrogen and oxygen atoms in total. The summed E-state index contributed by atoms with van der Waals surface area (Å²) in [6.07, 6.45) is -3.96. The van der Waals surface area contributed by atoms with Crippen molar-refractivity contribution in [3.63, 3.8) is 0 Å². The van der Waals surface area contributed by atoms with Crippen LogP contribution in [0.4, 0.5) is 13.2 Å². The number of hydrogen-bond donors (Lipinski definition) is 2. The highest BCUT2D eigenvalue weighted by atomic mass is 35.5. The van der Waals surface area contributed by atoms with Crippen molar-refractivity contribution in [1.82, 2.24) is 20.1 Å². The second kappa shape index (κ2) is 8.79. The second-order valence-electron chi connectivity index (χ2n) is 6.24. The van der Waals surface area contributed by atoms with Gasteiger partial charge >= 0.3 is 6.18 Å². The van der Waals surface area contributed by atoms with Crippen LogP contribution in [0.1, 0.15) is 11.1 Å². The molecule has 0 aliphatic carbocycles. The molecule has 0 aliphatic heterocycles. The smallest absolute Gasteiger partial charge is 0.354 e. The van der Waals surface area contributed by atoms with Crippen molar-refractivity contribution in [3.05, 3.63) is 69.5 Å². The number of nitrogens with one attached hydrogen (secondary N) is 2. The Morgan fingerprint density at radius 2 is 1.79 bits per heavy atom. The minimum Gasteiger partial charge on any atom is -0.354 e. The molecule has 3 rings (SSSR count). The lowest BCUT2D eigenvalue weighted by atomic mass is 10.1. The van der Waals surface area contributed by atoms with Gasteiger partial charge in [0.05, 0.1) is 5.56 Å². The van der Waals surface area contributed by atoms with Crippen molar-refractivity contribution in [2.45, 2.75) is 19.1 Å². The Bertz CT molecular complexity index is 1040. The fourth-order valence-corrected chi connectivity index (χ4v) is 3.01. The molecule has 29 heavy (non-hydrogen) atoms. The van der Waals surface area contributed by atoms with E-state index in [4.69, 9.17) is 23.8 Å². The van der Waals surface area contributed by atoms with Crippen molar-refractivity contribution in [1.29, 1.82) is 0 Å². The van der Waals surface area contributed by atoms with Crippen LogP contribution in [-0.2, 0) is 23.9 Å². The molecule has 152 valence electrons. The SMILES string of the molecule is O=C(Cn1c(-c2ccc(Cl)cc2)n[nH]c1=S)NCCc1ccc(C(F)(F)F)cc1. The molecule has 0 fully saturated rings. The second-order valence-corrected chi connectivity index (χ2v) is 7.06. The lowest BCUT2D eigenvalue weighted by Gasteiger charge is -2.10. The third-order valence-corrected chi connectivity index (χ3v) is 4.74. The summed E-state index contributed by atoms with van der Waals surface area (Å²) in [7, 11) is 0. The maximum Gasteiger partial charge on any atom is 0.416 e. The zero-order valence-electron chi connectivity index (χ0n) is 15.0. The van der Waals surface area contributed by atoms with Gasteiger partial charge in [0.15, 0.2) is 10.6 Å². The molecule has 1 heterocycles. The predicted molar refractivity (Wildman–Crippen MR) is 106 cm³/mol. The fourth-order valence-electron chi connectivity index (χ4n) is 2.69. The lowest BCUT2D eigenvalue weighted by Crippen LogP contribution is -2.29. The summed E-state index contributed by atoms with van der Waals surface area (Å²) in [5.41, 5.74) is 0.744. The van der Waals surface area contributed by atoms with Gasteiger partial charge in [0.25, 0.3) is 0 Å². The maximum atomic E-state index is 12.6. The highest BCUT2D eigenvalue weighted by Gasteiger charge is 2.29. The van der Waals surface area contributed by atoms with Gasteiger partial charge in [-0.05, 0) is 60.6 Å². The molecular weight excluding hydrogens is 425 g/mol. The molecule has 0 atom stereocenters. The number of carbonyl (C=O) groups is 1. The van der Waals surface area contributed by atoms with Crippen LogP contribution in [0.25, 0.3) is 11.4 Å². The predicted octanol–water partition coefficient (Wildman–Crippen LogP) is 4.64. The average Bonchev–Trinajstić information content (AvgIpc) is 3.02. The van der Waals surface area contributed by atoms with Crippen LogP contribution < -0.4 is 5.32 Å². The van der Waals surface area contributed by atoms with E-state index in [1.54, 1.807) is 28.8 Å². The van der Waals surface area contributed by atoms with Gasteiger partial charge in [-0.2, -0.15) is 18.3 Å². The fraction of sp³-hybridized carbons (Fsp3) is 0.211. The number of halogens is 4. The molecule has 0 radical (unpaired) electrons. The molecule has 3 aromatic rings. The van der Waals surface area contributed by atoms with Gasteiger partial charge in [-0.3, -0.25) is 14.5 Å². The lowest BCUT2D eigenvalue weighted by molar-refractivity contribution is -0.137. The van der Waals surface area contributed by atoms with E-state index < -0.39 is 11.7 Å². The third kappa shape index (κ3) is 5.45. The number of benzene rings is 2. The molecule has 0 saturated carbocycles. The van der Waals surface area contributed by atoms with Crippen molar-refractivity contribution < 1.29 is 18.0 Å². The summed E-state index contributed by atoms with van der Waals surface area (Å²) < 4.78 is 39.6. The third-order valence-electron chi connectivity index (χ3n) is 4.18. The summed E-state index contributed by atoms with van der Waals surface area (Å²) in [6, 6.07) is 11.8. The number of nitrogens with zero attached hydrogens (tertiary/aromatic N) is 2. The van der Waals surface area contributed by atoms with E-state index in [0.29, 0.717) is 27.6 Å². The molecule has 0 bridgehead atoms. The van der Waals surface area contributed by atoms with Crippen molar-refractivity contribution in [2.24, 2.45) is 0 Å². The number of rotatable bonds is 6. The quantitative estimate of drug-likeness (QED) is 0.549. The monoisotopic (exact) mass is 440 g/mol. The van der Waals surface area contributed by atoms with Crippen LogP contribution in [0.5, 0.6) is 0 Å². The van der Waals surface area contributed by atoms with E-state index in [-0.39, 0.29) is 19.0 Å². The zero-order chi connectivity index (χ0) is 21.0. The number of aromatic amines is 1. The van der Waals surface area contributed by atoms with E-state index in [1.165, 1.54) is 12.1 Å². The first-order valence-electron chi connectivity index (χ1n) is 8.58. The number of hydrogen-bond acceptors (Lipinski definition) is 3. The maximum absolute atomic E-state index is 12.6. The van der Waals surface area contributed by atoms with Crippen LogP contribution in [0.3, 0.4) is 0 Å². The van der Waals surface area contributed by atoms with E-state index in [9.17, 15) is 18.0 Å². The molecule has 0 saturated heterocycles. The Kier molecular flexibility index (Phi) is 6.39.